The standard InChI is InChI=1S/C21H21N5O3S/c1-28-8-7-23-21(27)18-6-5-17(30-18)12-9-14(19(22)24-11-12)20-25-15-4-3-13(29-2)10-16(15)26-20/h3-6,9-11H,7-8H2,1-2H3,(H2,22,24)(H,23,27)(H,25,26). The van der Waals surface area contributed by atoms with Crippen LogP contribution in [-0.4, -0.2) is 48.2 Å². The van der Waals surface area contributed by atoms with E-state index in [0.717, 1.165) is 27.2 Å². The maximum absolute atomic E-state index is 12.2. The van der Waals surface area contributed by atoms with Crippen molar-refractivity contribution in [2.75, 3.05) is 33.1 Å². The number of aromatic nitrogens is 3. The van der Waals surface area contributed by atoms with Crippen LogP contribution in [0.15, 0.2) is 42.6 Å². The number of aromatic amines is 1. The van der Waals surface area contributed by atoms with E-state index >= 15 is 0 Å². The fourth-order valence-electron chi connectivity index (χ4n) is 3.01. The van der Waals surface area contributed by atoms with Gasteiger partial charge in [-0.1, -0.05) is 0 Å². The summed E-state index contributed by atoms with van der Waals surface area (Å²) in [5.74, 6) is 1.61. The SMILES string of the molecule is COCCNC(=O)c1ccc(-c2cnc(N)c(-c3nc4ccc(OC)cc4[nH]3)c2)s1. The zero-order valence-electron chi connectivity index (χ0n) is 16.6. The summed E-state index contributed by atoms with van der Waals surface area (Å²) in [6.45, 7) is 0.936. The lowest BCUT2D eigenvalue weighted by molar-refractivity contribution is 0.0941. The normalized spacial score (nSPS) is 11.0. The summed E-state index contributed by atoms with van der Waals surface area (Å²) in [6.07, 6.45) is 1.70. The second-order valence-corrected chi connectivity index (χ2v) is 7.62. The number of hydrogen-bond acceptors (Lipinski definition) is 7. The molecule has 1 aromatic carbocycles. The van der Waals surface area contributed by atoms with E-state index in [0.29, 0.717) is 35.2 Å². The number of pyridine rings is 1. The lowest BCUT2D eigenvalue weighted by atomic mass is 10.1. The van der Waals surface area contributed by atoms with Crippen LogP contribution >= 0.6 is 11.3 Å². The van der Waals surface area contributed by atoms with E-state index in [1.54, 1.807) is 26.5 Å². The highest BCUT2D eigenvalue weighted by molar-refractivity contribution is 7.17. The Balaban J connectivity index is 1.63. The number of H-pyrrole nitrogens is 1. The van der Waals surface area contributed by atoms with E-state index < -0.39 is 0 Å². The van der Waals surface area contributed by atoms with Gasteiger partial charge in [-0.25, -0.2) is 9.97 Å². The van der Waals surface area contributed by atoms with Crippen molar-refractivity contribution in [3.05, 3.63) is 47.5 Å². The van der Waals surface area contributed by atoms with E-state index in [1.807, 2.05) is 30.3 Å². The molecule has 0 saturated heterocycles. The van der Waals surface area contributed by atoms with E-state index in [-0.39, 0.29) is 5.91 Å². The van der Waals surface area contributed by atoms with Gasteiger partial charge >= 0.3 is 0 Å². The van der Waals surface area contributed by atoms with Gasteiger partial charge in [0.2, 0.25) is 0 Å². The minimum atomic E-state index is -0.127. The molecule has 0 radical (unpaired) electrons. The van der Waals surface area contributed by atoms with Crippen molar-refractivity contribution in [2.24, 2.45) is 0 Å². The van der Waals surface area contributed by atoms with E-state index in [4.69, 9.17) is 15.2 Å². The van der Waals surface area contributed by atoms with Gasteiger partial charge in [-0.2, -0.15) is 0 Å². The smallest absolute Gasteiger partial charge is 0.261 e. The van der Waals surface area contributed by atoms with E-state index in [2.05, 4.69) is 20.3 Å². The Bertz CT molecular complexity index is 1200. The van der Waals surface area contributed by atoms with Crippen LogP contribution in [0.5, 0.6) is 5.75 Å². The average Bonchev–Trinajstić information content (AvgIpc) is 3.41. The summed E-state index contributed by atoms with van der Waals surface area (Å²) in [4.78, 5) is 26.0. The molecule has 0 bridgehead atoms. The molecule has 0 aliphatic carbocycles. The zero-order valence-corrected chi connectivity index (χ0v) is 17.4. The fourth-order valence-corrected chi connectivity index (χ4v) is 3.92. The van der Waals surface area contributed by atoms with Crippen LogP contribution in [-0.2, 0) is 4.74 Å². The number of ether oxygens (including phenoxy) is 2. The number of anilines is 1. The van der Waals surface area contributed by atoms with Gasteiger partial charge in [-0.15, -0.1) is 11.3 Å². The van der Waals surface area contributed by atoms with Gasteiger partial charge in [0.1, 0.15) is 17.4 Å². The van der Waals surface area contributed by atoms with Gasteiger partial charge in [-0.05, 0) is 30.3 Å². The fraction of sp³-hybridized carbons (Fsp3) is 0.190. The number of rotatable bonds is 7. The van der Waals surface area contributed by atoms with Crippen LogP contribution in [0.25, 0.3) is 32.9 Å². The number of hydrogen-bond donors (Lipinski definition) is 3. The summed E-state index contributed by atoms with van der Waals surface area (Å²) in [6, 6.07) is 11.2. The summed E-state index contributed by atoms with van der Waals surface area (Å²) in [5, 5.41) is 2.82. The first-order valence-electron chi connectivity index (χ1n) is 9.26. The highest BCUT2D eigenvalue weighted by Gasteiger charge is 2.14. The number of thiophene rings is 1. The molecular formula is C21H21N5O3S. The van der Waals surface area contributed by atoms with Crippen LogP contribution in [0.3, 0.4) is 0 Å². The van der Waals surface area contributed by atoms with Crippen molar-refractivity contribution in [1.82, 2.24) is 20.3 Å². The molecule has 0 atom stereocenters. The highest BCUT2D eigenvalue weighted by Crippen LogP contribution is 2.33. The largest absolute Gasteiger partial charge is 0.497 e. The molecule has 0 spiro atoms. The molecule has 9 heteroatoms. The minimum Gasteiger partial charge on any atom is -0.497 e. The number of methoxy groups -OCH3 is 2. The third-order valence-electron chi connectivity index (χ3n) is 4.57. The van der Waals surface area contributed by atoms with Gasteiger partial charge in [0, 0.05) is 36.4 Å². The van der Waals surface area contributed by atoms with Crippen LogP contribution in [0.4, 0.5) is 5.82 Å². The van der Waals surface area contributed by atoms with Crippen LogP contribution < -0.4 is 15.8 Å². The number of nitrogens with two attached hydrogens (primary N) is 1. The molecule has 4 aromatic rings. The highest BCUT2D eigenvalue weighted by atomic mass is 32.1. The van der Waals surface area contributed by atoms with Gasteiger partial charge in [0.05, 0.1) is 35.2 Å². The van der Waals surface area contributed by atoms with E-state index in [1.165, 1.54) is 11.3 Å². The first kappa shape index (κ1) is 19.9. The molecule has 154 valence electrons. The second kappa shape index (κ2) is 8.52. The minimum absolute atomic E-state index is 0.127. The van der Waals surface area contributed by atoms with Gasteiger partial charge < -0.3 is 25.5 Å². The maximum atomic E-state index is 12.2. The Morgan fingerprint density at radius 3 is 2.90 bits per heavy atom. The van der Waals surface area contributed by atoms with Gasteiger partial charge in [0.15, 0.2) is 0 Å². The molecule has 3 heterocycles. The summed E-state index contributed by atoms with van der Waals surface area (Å²) >= 11 is 1.39. The van der Waals surface area contributed by atoms with Crippen molar-refractivity contribution < 1.29 is 14.3 Å². The molecule has 0 fully saturated rings. The average molecular weight is 423 g/mol. The molecule has 4 rings (SSSR count). The Morgan fingerprint density at radius 1 is 1.23 bits per heavy atom. The number of benzene rings is 1. The van der Waals surface area contributed by atoms with Gasteiger partial charge in [-0.3, -0.25) is 4.79 Å². The topological polar surface area (TPSA) is 115 Å². The zero-order chi connectivity index (χ0) is 21.1. The predicted molar refractivity (Wildman–Crippen MR) is 118 cm³/mol. The van der Waals surface area contributed by atoms with Crippen molar-refractivity contribution in [1.29, 1.82) is 0 Å². The Labute approximate surface area is 177 Å². The molecule has 8 nitrogen and oxygen atoms in total. The number of fused-ring (bicyclic) bond motifs is 1. The third-order valence-corrected chi connectivity index (χ3v) is 5.70. The van der Waals surface area contributed by atoms with Crippen molar-refractivity contribution >= 4 is 34.1 Å². The molecule has 4 N–H and O–H groups in total. The Morgan fingerprint density at radius 2 is 2.10 bits per heavy atom. The Kier molecular flexibility index (Phi) is 5.64. The predicted octanol–water partition coefficient (Wildman–Crippen LogP) is 3.32. The number of carbonyl (C=O) groups excluding carboxylic acids is 1. The summed E-state index contributed by atoms with van der Waals surface area (Å²) in [5.41, 5.74) is 9.34. The third kappa shape index (κ3) is 3.98. The number of carbonyl (C=O) groups is 1. The van der Waals surface area contributed by atoms with Crippen molar-refractivity contribution in [3.8, 4) is 27.6 Å². The van der Waals surface area contributed by atoms with Crippen molar-refractivity contribution in [2.45, 2.75) is 0 Å². The van der Waals surface area contributed by atoms with Gasteiger partial charge in [0.25, 0.3) is 5.91 Å². The monoisotopic (exact) mass is 423 g/mol. The molecule has 0 saturated carbocycles. The van der Waals surface area contributed by atoms with Crippen LogP contribution in [0.2, 0.25) is 0 Å². The Hall–Kier alpha value is -3.43. The maximum Gasteiger partial charge on any atom is 0.261 e. The number of amides is 1. The quantitative estimate of drug-likeness (QED) is 0.393. The first-order chi connectivity index (χ1) is 14.6. The molecule has 3 aromatic heterocycles. The molecule has 0 aliphatic heterocycles. The number of imidazole rings is 1. The summed E-state index contributed by atoms with van der Waals surface area (Å²) in [7, 11) is 3.22. The number of nitrogen functional groups attached to an aromatic ring is 1. The first-order valence-corrected chi connectivity index (χ1v) is 10.1. The number of nitrogens with zero attached hydrogens (tertiary/aromatic N) is 2. The number of nitrogens with one attached hydrogen (secondary N) is 2. The van der Waals surface area contributed by atoms with Crippen LogP contribution in [0, 0.1) is 0 Å². The van der Waals surface area contributed by atoms with Crippen molar-refractivity contribution in [3.63, 3.8) is 0 Å². The molecular weight excluding hydrogens is 402 g/mol. The molecule has 1 amide bonds. The second-order valence-electron chi connectivity index (χ2n) is 6.54. The molecule has 0 aliphatic rings. The summed E-state index contributed by atoms with van der Waals surface area (Å²) < 4.78 is 10.2. The molecule has 0 unspecified atom stereocenters. The van der Waals surface area contributed by atoms with E-state index in [9.17, 15) is 4.79 Å². The lowest BCUT2D eigenvalue weighted by Crippen LogP contribution is -2.26. The molecule has 30 heavy (non-hydrogen) atoms. The van der Waals surface area contributed by atoms with Crippen LogP contribution in [0.1, 0.15) is 9.67 Å². The lowest BCUT2D eigenvalue weighted by Gasteiger charge is -2.05.